The van der Waals surface area contributed by atoms with E-state index in [1.807, 2.05) is 12.1 Å². The molecule has 0 unspecified atom stereocenters. The van der Waals surface area contributed by atoms with Gasteiger partial charge in [0.1, 0.15) is 5.82 Å². The van der Waals surface area contributed by atoms with E-state index in [0.717, 1.165) is 80.2 Å². The number of rotatable bonds is 4. The monoisotopic (exact) mass is 525 g/mol. The van der Waals surface area contributed by atoms with E-state index < -0.39 is 0 Å². The molecular formula is C28H36ClN5O3. The summed E-state index contributed by atoms with van der Waals surface area (Å²) < 4.78 is 0. The number of carboxylic acid groups (broad SMARTS) is 1. The second-order valence-electron chi connectivity index (χ2n) is 10.1. The van der Waals surface area contributed by atoms with Crippen LogP contribution in [0.5, 0.6) is 0 Å². The summed E-state index contributed by atoms with van der Waals surface area (Å²) >= 11 is 6.60. The van der Waals surface area contributed by atoms with Crippen LogP contribution in [0.4, 0.5) is 5.69 Å². The first-order chi connectivity index (χ1) is 17.8. The Morgan fingerprint density at radius 2 is 1.86 bits per heavy atom. The third-order valence-electron chi connectivity index (χ3n) is 7.33. The van der Waals surface area contributed by atoms with E-state index in [1.54, 1.807) is 0 Å². The number of nitrogens with zero attached hydrogens (tertiary/aromatic N) is 4. The van der Waals surface area contributed by atoms with Crippen molar-refractivity contribution < 1.29 is 14.7 Å². The van der Waals surface area contributed by atoms with Crippen LogP contribution in [0.3, 0.4) is 0 Å². The highest BCUT2D eigenvalue weighted by Crippen LogP contribution is 2.33. The standard InChI is InChI=1S/C27H34ClN5O.CH2O2/c1-18(2)31-11-13-32(14-12-31)27(34)20-5-4-10-33(17-20)21-7-8-23(28)22(16-21)26-29-24-9-6-19(3)15-25(24)30-26;2-1-3/h6-9,15-16,18,20H,4-5,10-14,17H2,1-3H3,(H,29,30);1H,(H,2,3)/t20-;/m1./s1. The molecule has 2 aliphatic heterocycles. The first-order valence-corrected chi connectivity index (χ1v) is 13.3. The number of piperazine rings is 1. The quantitative estimate of drug-likeness (QED) is 0.481. The fraction of sp³-hybridized carbons (Fsp3) is 0.464. The lowest BCUT2D eigenvalue weighted by atomic mass is 9.95. The molecule has 1 aromatic heterocycles. The van der Waals surface area contributed by atoms with E-state index >= 15 is 0 Å². The molecule has 0 radical (unpaired) electrons. The van der Waals surface area contributed by atoms with Gasteiger partial charge in [0.05, 0.1) is 22.0 Å². The van der Waals surface area contributed by atoms with Gasteiger partial charge in [-0.2, -0.15) is 0 Å². The second kappa shape index (κ2) is 12.0. The number of carbonyl (C=O) groups excluding carboxylic acids is 1. The number of halogens is 1. The van der Waals surface area contributed by atoms with Gasteiger partial charge >= 0.3 is 0 Å². The highest BCUT2D eigenvalue weighted by molar-refractivity contribution is 6.33. The first kappa shape index (κ1) is 26.9. The summed E-state index contributed by atoms with van der Waals surface area (Å²) in [5, 5.41) is 7.56. The lowest BCUT2D eigenvalue weighted by Gasteiger charge is -2.40. The molecule has 2 saturated heterocycles. The molecule has 9 heteroatoms. The number of benzene rings is 2. The number of H-pyrrole nitrogens is 1. The Balaban J connectivity index is 0.00000102. The summed E-state index contributed by atoms with van der Waals surface area (Å²) in [4.78, 5) is 36.7. The van der Waals surface area contributed by atoms with Crippen molar-refractivity contribution in [2.24, 2.45) is 5.92 Å². The number of piperidine rings is 1. The van der Waals surface area contributed by atoms with Gasteiger partial charge in [-0.1, -0.05) is 17.7 Å². The number of hydrogen-bond acceptors (Lipinski definition) is 5. The molecule has 198 valence electrons. The fourth-order valence-corrected chi connectivity index (χ4v) is 5.48. The van der Waals surface area contributed by atoms with Gasteiger partial charge in [-0.3, -0.25) is 14.5 Å². The zero-order valence-corrected chi connectivity index (χ0v) is 22.5. The van der Waals surface area contributed by atoms with E-state index in [1.165, 1.54) is 5.56 Å². The van der Waals surface area contributed by atoms with Crippen LogP contribution in [0, 0.1) is 12.8 Å². The Hall–Kier alpha value is -3.10. The van der Waals surface area contributed by atoms with E-state index in [0.29, 0.717) is 17.0 Å². The topological polar surface area (TPSA) is 92.8 Å². The van der Waals surface area contributed by atoms with Crippen molar-refractivity contribution in [2.45, 2.75) is 39.7 Å². The molecule has 37 heavy (non-hydrogen) atoms. The van der Waals surface area contributed by atoms with Crippen LogP contribution in [0.1, 0.15) is 32.3 Å². The van der Waals surface area contributed by atoms with Crippen LogP contribution in [-0.2, 0) is 9.59 Å². The minimum Gasteiger partial charge on any atom is -0.483 e. The van der Waals surface area contributed by atoms with Crippen molar-refractivity contribution >= 4 is 40.7 Å². The van der Waals surface area contributed by atoms with Crippen LogP contribution in [0.25, 0.3) is 22.4 Å². The van der Waals surface area contributed by atoms with Gasteiger partial charge in [-0.15, -0.1) is 0 Å². The van der Waals surface area contributed by atoms with Crippen molar-refractivity contribution in [3.8, 4) is 11.4 Å². The summed E-state index contributed by atoms with van der Waals surface area (Å²) in [6, 6.07) is 12.9. The SMILES string of the molecule is Cc1ccc2nc(-c3cc(N4CCC[C@@H](C(=O)N5CCN(C(C)C)CC5)C4)ccc3Cl)[nH]c2c1.O=CO. The van der Waals surface area contributed by atoms with Gasteiger partial charge in [-0.25, -0.2) is 4.98 Å². The number of imidazole rings is 1. The molecule has 2 fully saturated rings. The van der Waals surface area contributed by atoms with Crippen molar-refractivity contribution in [3.63, 3.8) is 0 Å². The molecule has 3 aromatic rings. The van der Waals surface area contributed by atoms with Crippen molar-refractivity contribution in [1.82, 2.24) is 19.8 Å². The van der Waals surface area contributed by atoms with Crippen LogP contribution in [0.15, 0.2) is 36.4 Å². The molecule has 3 heterocycles. The smallest absolute Gasteiger partial charge is 0.290 e. The van der Waals surface area contributed by atoms with Crippen LogP contribution in [-0.4, -0.2) is 82.6 Å². The second-order valence-corrected chi connectivity index (χ2v) is 10.5. The third kappa shape index (κ3) is 6.25. The molecule has 1 amide bonds. The number of aromatic nitrogens is 2. The average Bonchev–Trinajstić information content (AvgIpc) is 3.32. The van der Waals surface area contributed by atoms with Crippen LogP contribution >= 0.6 is 11.6 Å². The molecule has 0 aliphatic carbocycles. The van der Waals surface area contributed by atoms with E-state index in [-0.39, 0.29) is 12.4 Å². The van der Waals surface area contributed by atoms with Gasteiger partial charge < -0.3 is 19.9 Å². The third-order valence-corrected chi connectivity index (χ3v) is 7.66. The highest BCUT2D eigenvalue weighted by Gasteiger charge is 2.31. The fourth-order valence-electron chi connectivity index (χ4n) is 5.27. The minimum atomic E-state index is -0.250. The van der Waals surface area contributed by atoms with Gasteiger partial charge in [0.25, 0.3) is 6.47 Å². The van der Waals surface area contributed by atoms with Gasteiger partial charge in [-0.05, 0) is 69.5 Å². The number of anilines is 1. The van der Waals surface area contributed by atoms with Crippen LogP contribution in [0.2, 0.25) is 5.02 Å². The van der Waals surface area contributed by atoms with Crippen molar-refractivity contribution in [1.29, 1.82) is 0 Å². The van der Waals surface area contributed by atoms with Crippen molar-refractivity contribution in [2.75, 3.05) is 44.2 Å². The molecule has 0 saturated carbocycles. The van der Waals surface area contributed by atoms with E-state index in [2.05, 4.69) is 64.7 Å². The number of aryl methyl sites for hydroxylation is 1. The summed E-state index contributed by atoms with van der Waals surface area (Å²) in [6.07, 6.45) is 1.98. The largest absolute Gasteiger partial charge is 0.483 e. The van der Waals surface area contributed by atoms with Gasteiger partial charge in [0.2, 0.25) is 5.91 Å². The molecule has 0 bridgehead atoms. The lowest BCUT2D eigenvalue weighted by molar-refractivity contribution is -0.137. The lowest BCUT2D eigenvalue weighted by Crippen LogP contribution is -2.53. The molecule has 8 nitrogen and oxygen atoms in total. The summed E-state index contributed by atoms with van der Waals surface area (Å²) in [5.41, 5.74) is 5.13. The summed E-state index contributed by atoms with van der Waals surface area (Å²) in [5.74, 6) is 1.14. The summed E-state index contributed by atoms with van der Waals surface area (Å²) in [7, 11) is 0. The number of hydrogen-bond donors (Lipinski definition) is 2. The maximum absolute atomic E-state index is 13.3. The van der Waals surface area contributed by atoms with E-state index in [9.17, 15) is 4.79 Å². The highest BCUT2D eigenvalue weighted by atomic mass is 35.5. The molecule has 5 rings (SSSR count). The Kier molecular flexibility index (Phi) is 8.71. The van der Waals surface area contributed by atoms with Crippen LogP contribution < -0.4 is 4.90 Å². The number of amides is 1. The maximum Gasteiger partial charge on any atom is 0.290 e. The molecule has 0 spiro atoms. The predicted octanol–water partition coefficient (Wildman–Crippen LogP) is 4.66. The summed E-state index contributed by atoms with van der Waals surface area (Å²) in [6.45, 7) is 11.6. The molecular weight excluding hydrogens is 490 g/mol. The van der Waals surface area contributed by atoms with Crippen molar-refractivity contribution in [3.05, 3.63) is 47.0 Å². The Morgan fingerprint density at radius 1 is 1.14 bits per heavy atom. The zero-order valence-electron chi connectivity index (χ0n) is 21.8. The average molecular weight is 526 g/mol. The Bertz CT molecular complexity index is 1240. The number of carbonyl (C=O) groups is 2. The normalized spacial score (nSPS) is 18.6. The van der Waals surface area contributed by atoms with Gasteiger partial charge in [0, 0.05) is 56.6 Å². The molecule has 2 N–H and O–H groups in total. The maximum atomic E-state index is 13.3. The van der Waals surface area contributed by atoms with E-state index in [4.69, 9.17) is 26.5 Å². The Morgan fingerprint density at radius 3 is 2.57 bits per heavy atom. The predicted molar refractivity (Wildman–Crippen MR) is 148 cm³/mol. The zero-order chi connectivity index (χ0) is 26.5. The number of nitrogens with one attached hydrogen (secondary N) is 1. The first-order valence-electron chi connectivity index (χ1n) is 12.9. The number of aromatic amines is 1. The molecule has 2 aliphatic rings. The van der Waals surface area contributed by atoms with Gasteiger partial charge in [0.15, 0.2) is 0 Å². The minimum absolute atomic E-state index is 0.0488. The molecule has 1 atom stereocenters. The Labute approximate surface area is 223 Å². The number of fused-ring (bicyclic) bond motifs is 1. The molecule has 2 aromatic carbocycles.